The third-order valence-electron chi connectivity index (χ3n) is 2.29. The molecule has 1 saturated carbocycles. The Hall–Kier alpha value is -0.790. The first kappa shape index (κ1) is 8.31. The van der Waals surface area contributed by atoms with Crippen molar-refractivity contribution in [2.75, 3.05) is 0 Å². The van der Waals surface area contributed by atoms with E-state index in [-0.39, 0.29) is 5.92 Å². The zero-order chi connectivity index (χ0) is 8.27. The lowest BCUT2D eigenvalue weighted by molar-refractivity contribution is -0.141. The molecule has 1 rings (SSSR count). The first-order valence-electron chi connectivity index (χ1n) is 4.09. The Balaban J connectivity index is 2.40. The number of aliphatic carboxylic acids is 1. The third-order valence-corrected chi connectivity index (χ3v) is 2.29. The lowest BCUT2D eigenvalue weighted by Crippen LogP contribution is -2.08. The Labute approximate surface area is 66.9 Å². The SMILES string of the molecule is C/C=C\[C@H]1CC[C@H](C(=O)O)C1. The van der Waals surface area contributed by atoms with E-state index in [1.807, 2.05) is 13.0 Å². The van der Waals surface area contributed by atoms with Crippen LogP contribution in [0, 0.1) is 11.8 Å². The molecule has 62 valence electrons. The van der Waals surface area contributed by atoms with Gasteiger partial charge in [0.05, 0.1) is 5.92 Å². The molecule has 0 heterocycles. The Morgan fingerprint density at radius 1 is 1.55 bits per heavy atom. The van der Waals surface area contributed by atoms with E-state index in [1.165, 1.54) is 0 Å². The van der Waals surface area contributed by atoms with Crippen molar-refractivity contribution in [1.29, 1.82) is 0 Å². The van der Waals surface area contributed by atoms with Crippen LogP contribution in [0.1, 0.15) is 26.2 Å². The molecule has 0 amide bonds. The van der Waals surface area contributed by atoms with Gasteiger partial charge in [-0.2, -0.15) is 0 Å². The molecule has 1 N–H and O–H groups in total. The smallest absolute Gasteiger partial charge is 0.306 e. The van der Waals surface area contributed by atoms with Gasteiger partial charge in [0.2, 0.25) is 0 Å². The fourth-order valence-corrected chi connectivity index (χ4v) is 1.69. The van der Waals surface area contributed by atoms with E-state index in [0.717, 1.165) is 19.3 Å². The largest absolute Gasteiger partial charge is 0.481 e. The van der Waals surface area contributed by atoms with Crippen LogP contribution in [-0.2, 0) is 4.79 Å². The zero-order valence-corrected chi connectivity index (χ0v) is 6.79. The van der Waals surface area contributed by atoms with Gasteiger partial charge in [-0.3, -0.25) is 4.79 Å². The van der Waals surface area contributed by atoms with Crippen molar-refractivity contribution in [3.63, 3.8) is 0 Å². The van der Waals surface area contributed by atoms with Crippen molar-refractivity contribution in [3.05, 3.63) is 12.2 Å². The van der Waals surface area contributed by atoms with E-state index in [4.69, 9.17) is 5.11 Å². The molecule has 0 saturated heterocycles. The van der Waals surface area contributed by atoms with Crippen molar-refractivity contribution in [2.45, 2.75) is 26.2 Å². The molecule has 0 radical (unpaired) electrons. The van der Waals surface area contributed by atoms with Gasteiger partial charge in [0.15, 0.2) is 0 Å². The highest BCUT2D eigenvalue weighted by molar-refractivity contribution is 5.70. The molecule has 0 spiro atoms. The predicted octanol–water partition coefficient (Wildman–Crippen LogP) is 2.06. The maximum Gasteiger partial charge on any atom is 0.306 e. The van der Waals surface area contributed by atoms with Gasteiger partial charge in [-0.1, -0.05) is 12.2 Å². The lowest BCUT2D eigenvalue weighted by Gasteiger charge is -2.01. The standard InChI is InChI=1S/C9H14O2/c1-2-3-7-4-5-8(6-7)9(10)11/h2-3,7-8H,4-6H2,1H3,(H,10,11)/b3-2-/t7-,8-/m0/s1. The van der Waals surface area contributed by atoms with Crippen LogP contribution >= 0.6 is 0 Å². The summed E-state index contributed by atoms with van der Waals surface area (Å²) in [6, 6.07) is 0. The van der Waals surface area contributed by atoms with Crippen molar-refractivity contribution in [3.8, 4) is 0 Å². The van der Waals surface area contributed by atoms with Crippen molar-refractivity contribution >= 4 is 5.97 Å². The minimum atomic E-state index is -0.628. The number of carboxylic acids is 1. The molecule has 0 aromatic carbocycles. The number of hydrogen-bond donors (Lipinski definition) is 1. The van der Waals surface area contributed by atoms with Crippen molar-refractivity contribution in [1.82, 2.24) is 0 Å². The van der Waals surface area contributed by atoms with E-state index in [9.17, 15) is 4.79 Å². The molecule has 0 aromatic heterocycles. The van der Waals surface area contributed by atoms with E-state index in [2.05, 4.69) is 6.08 Å². The molecule has 0 aromatic rings. The average Bonchev–Trinajstić information content (AvgIpc) is 2.37. The van der Waals surface area contributed by atoms with E-state index in [0.29, 0.717) is 5.92 Å². The second kappa shape index (κ2) is 3.56. The maximum absolute atomic E-state index is 10.5. The number of carboxylic acid groups (broad SMARTS) is 1. The van der Waals surface area contributed by atoms with Crippen LogP contribution in [0.3, 0.4) is 0 Å². The minimum absolute atomic E-state index is 0.0869. The summed E-state index contributed by atoms with van der Waals surface area (Å²) in [5.74, 6) is -0.200. The predicted molar refractivity (Wildman–Crippen MR) is 43.3 cm³/mol. The van der Waals surface area contributed by atoms with Crippen molar-refractivity contribution < 1.29 is 9.90 Å². The highest BCUT2D eigenvalue weighted by Crippen LogP contribution is 2.31. The molecule has 1 fully saturated rings. The number of carbonyl (C=O) groups is 1. The van der Waals surface area contributed by atoms with Gasteiger partial charge >= 0.3 is 5.97 Å². The van der Waals surface area contributed by atoms with Gasteiger partial charge in [0.1, 0.15) is 0 Å². The first-order valence-corrected chi connectivity index (χ1v) is 4.09. The summed E-state index contributed by atoms with van der Waals surface area (Å²) in [7, 11) is 0. The van der Waals surface area contributed by atoms with Crippen LogP contribution in [0.15, 0.2) is 12.2 Å². The van der Waals surface area contributed by atoms with Gasteiger partial charge in [-0.15, -0.1) is 0 Å². The summed E-state index contributed by atoms with van der Waals surface area (Å²) < 4.78 is 0. The third kappa shape index (κ3) is 2.07. The van der Waals surface area contributed by atoms with Gasteiger partial charge in [-0.05, 0) is 32.1 Å². The Bertz CT molecular complexity index is 172. The van der Waals surface area contributed by atoms with Gasteiger partial charge in [-0.25, -0.2) is 0 Å². The van der Waals surface area contributed by atoms with Gasteiger partial charge in [0, 0.05) is 0 Å². The maximum atomic E-state index is 10.5. The van der Waals surface area contributed by atoms with Crippen LogP contribution in [0.4, 0.5) is 0 Å². The summed E-state index contributed by atoms with van der Waals surface area (Å²) in [6.45, 7) is 1.98. The molecule has 2 heteroatoms. The fraction of sp³-hybridized carbons (Fsp3) is 0.667. The topological polar surface area (TPSA) is 37.3 Å². The lowest BCUT2D eigenvalue weighted by atomic mass is 10.1. The van der Waals surface area contributed by atoms with Crippen LogP contribution in [-0.4, -0.2) is 11.1 Å². The van der Waals surface area contributed by atoms with Crippen LogP contribution < -0.4 is 0 Å². The van der Waals surface area contributed by atoms with E-state index >= 15 is 0 Å². The summed E-state index contributed by atoms with van der Waals surface area (Å²) in [4.78, 5) is 10.5. The number of allylic oxidation sites excluding steroid dienone is 2. The zero-order valence-electron chi connectivity index (χ0n) is 6.79. The summed E-state index contributed by atoms with van der Waals surface area (Å²) in [6.07, 6.45) is 6.85. The monoisotopic (exact) mass is 154 g/mol. The molecular formula is C9H14O2. The van der Waals surface area contributed by atoms with Crippen LogP contribution in [0.2, 0.25) is 0 Å². The molecule has 0 aliphatic heterocycles. The highest BCUT2D eigenvalue weighted by atomic mass is 16.4. The normalized spacial score (nSPS) is 31.4. The average molecular weight is 154 g/mol. The highest BCUT2D eigenvalue weighted by Gasteiger charge is 2.27. The molecule has 1 aliphatic carbocycles. The molecule has 0 bridgehead atoms. The Morgan fingerprint density at radius 2 is 2.27 bits per heavy atom. The Kier molecular flexibility index (Phi) is 2.69. The fourth-order valence-electron chi connectivity index (χ4n) is 1.69. The van der Waals surface area contributed by atoms with Gasteiger partial charge < -0.3 is 5.11 Å². The molecule has 0 unspecified atom stereocenters. The quantitative estimate of drug-likeness (QED) is 0.618. The minimum Gasteiger partial charge on any atom is -0.481 e. The van der Waals surface area contributed by atoms with Crippen LogP contribution in [0.5, 0.6) is 0 Å². The summed E-state index contributed by atoms with van der Waals surface area (Å²) >= 11 is 0. The summed E-state index contributed by atoms with van der Waals surface area (Å²) in [5, 5.41) is 8.68. The first-order chi connectivity index (χ1) is 5.24. The van der Waals surface area contributed by atoms with Crippen molar-refractivity contribution in [2.24, 2.45) is 11.8 Å². The second-order valence-corrected chi connectivity index (χ2v) is 3.13. The number of hydrogen-bond acceptors (Lipinski definition) is 1. The second-order valence-electron chi connectivity index (χ2n) is 3.13. The Morgan fingerprint density at radius 3 is 2.73 bits per heavy atom. The van der Waals surface area contributed by atoms with Crippen LogP contribution in [0.25, 0.3) is 0 Å². The molecule has 2 nitrogen and oxygen atoms in total. The summed E-state index contributed by atoms with van der Waals surface area (Å²) in [5.41, 5.74) is 0. The molecule has 11 heavy (non-hydrogen) atoms. The van der Waals surface area contributed by atoms with Gasteiger partial charge in [0.25, 0.3) is 0 Å². The molecular weight excluding hydrogens is 140 g/mol. The molecule has 1 aliphatic rings. The van der Waals surface area contributed by atoms with E-state index < -0.39 is 5.97 Å². The molecule has 2 atom stereocenters. The van der Waals surface area contributed by atoms with E-state index in [1.54, 1.807) is 0 Å². The number of rotatable bonds is 2.